The molecule has 0 aliphatic heterocycles. The van der Waals surface area contributed by atoms with Gasteiger partial charge >= 0.3 is 5.97 Å². The molecule has 98 valence electrons. The summed E-state index contributed by atoms with van der Waals surface area (Å²) in [4.78, 5) is 18.7. The van der Waals surface area contributed by atoms with Gasteiger partial charge in [-0.1, -0.05) is 37.6 Å². The number of aromatic carboxylic acids is 1. The van der Waals surface area contributed by atoms with Crippen LogP contribution in [0, 0.1) is 0 Å². The number of carbonyl (C=O) groups is 1. The molecule has 0 bridgehead atoms. The largest absolute Gasteiger partial charge is 0.475 e. The number of aromatic nitrogens is 2. The minimum Gasteiger partial charge on any atom is -0.475 e. The molecule has 0 aliphatic rings. The molecule has 0 fully saturated rings. The van der Waals surface area contributed by atoms with E-state index in [1.165, 1.54) is 6.20 Å². The molecule has 2 rings (SSSR count). The maximum Gasteiger partial charge on any atom is 0.373 e. The molecule has 0 atom stereocenters. The van der Waals surface area contributed by atoms with Crippen molar-refractivity contribution in [3.63, 3.8) is 0 Å². The highest BCUT2D eigenvalue weighted by molar-refractivity contribution is 6.31. The Morgan fingerprint density at radius 1 is 1.32 bits per heavy atom. The van der Waals surface area contributed by atoms with Gasteiger partial charge in [-0.2, -0.15) is 0 Å². The Hall–Kier alpha value is -1.94. The molecule has 0 aliphatic carbocycles. The summed E-state index contributed by atoms with van der Waals surface area (Å²) in [5, 5.41) is 9.59. The van der Waals surface area contributed by atoms with Crippen LogP contribution in [0.5, 0.6) is 0 Å². The normalized spacial score (nSPS) is 10.7. The van der Waals surface area contributed by atoms with E-state index in [1.54, 1.807) is 6.07 Å². The van der Waals surface area contributed by atoms with Crippen molar-refractivity contribution in [3.8, 4) is 11.3 Å². The smallest absolute Gasteiger partial charge is 0.373 e. The van der Waals surface area contributed by atoms with Gasteiger partial charge in [0.15, 0.2) is 0 Å². The van der Waals surface area contributed by atoms with Crippen molar-refractivity contribution in [3.05, 3.63) is 46.9 Å². The minimum atomic E-state index is -1.14. The number of carboxylic acid groups (broad SMARTS) is 1. The molecule has 0 radical (unpaired) electrons. The quantitative estimate of drug-likeness (QED) is 0.930. The van der Waals surface area contributed by atoms with E-state index in [-0.39, 0.29) is 11.7 Å². The van der Waals surface area contributed by atoms with Gasteiger partial charge in [-0.05, 0) is 23.6 Å². The molecule has 1 aromatic carbocycles. The molecule has 2 aromatic rings. The highest BCUT2D eigenvalue weighted by Gasteiger charge is 2.15. The van der Waals surface area contributed by atoms with Crippen LogP contribution in [0.2, 0.25) is 5.02 Å². The molecule has 0 spiro atoms. The Kier molecular flexibility index (Phi) is 3.81. The summed E-state index contributed by atoms with van der Waals surface area (Å²) in [6.07, 6.45) is 1.44. The lowest BCUT2D eigenvalue weighted by atomic mass is 9.95. The van der Waals surface area contributed by atoms with Crippen molar-refractivity contribution in [2.75, 3.05) is 0 Å². The summed E-state index contributed by atoms with van der Waals surface area (Å²) >= 11 is 6.22. The van der Waals surface area contributed by atoms with Crippen molar-refractivity contribution in [2.24, 2.45) is 0 Å². The molecule has 1 N–H and O–H groups in total. The Morgan fingerprint density at radius 3 is 2.68 bits per heavy atom. The van der Waals surface area contributed by atoms with E-state index >= 15 is 0 Å². The van der Waals surface area contributed by atoms with Gasteiger partial charge in [0.2, 0.25) is 5.82 Å². The molecule has 0 saturated carbocycles. The van der Waals surface area contributed by atoms with Crippen LogP contribution in [0.25, 0.3) is 11.3 Å². The summed E-state index contributed by atoms with van der Waals surface area (Å²) in [5.74, 6) is -1.14. The number of carboxylic acids is 1. The molecule has 1 aromatic heterocycles. The van der Waals surface area contributed by atoms with Crippen molar-refractivity contribution < 1.29 is 9.90 Å². The summed E-state index contributed by atoms with van der Waals surface area (Å²) in [6.45, 7) is 4.06. The summed E-state index contributed by atoms with van der Waals surface area (Å²) in [5.41, 5.74) is 2.37. The molecule has 0 unspecified atom stereocenters. The summed E-state index contributed by atoms with van der Waals surface area (Å²) in [7, 11) is 0. The first-order valence-corrected chi connectivity index (χ1v) is 6.23. The van der Waals surface area contributed by atoms with Gasteiger partial charge in [0.1, 0.15) is 0 Å². The topological polar surface area (TPSA) is 63.1 Å². The van der Waals surface area contributed by atoms with Crippen LogP contribution in [-0.4, -0.2) is 21.0 Å². The zero-order valence-electron chi connectivity index (χ0n) is 10.6. The molecule has 4 nitrogen and oxygen atoms in total. The van der Waals surface area contributed by atoms with E-state index in [0.29, 0.717) is 10.7 Å². The SMILES string of the molecule is CC(C)c1c(Cl)cccc1-c1ccnc(C(=O)O)n1. The van der Waals surface area contributed by atoms with Gasteiger partial charge in [0.25, 0.3) is 0 Å². The van der Waals surface area contributed by atoms with Crippen LogP contribution in [0.4, 0.5) is 0 Å². The first-order valence-electron chi connectivity index (χ1n) is 5.86. The predicted molar refractivity (Wildman–Crippen MR) is 73.5 cm³/mol. The van der Waals surface area contributed by atoms with E-state index in [4.69, 9.17) is 16.7 Å². The van der Waals surface area contributed by atoms with Crippen molar-refractivity contribution >= 4 is 17.6 Å². The molecule has 1 heterocycles. The summed E-state index contributed by atoms with van der Waals surface area (Å²) < 4.78 is 0. The number of rotatable bonds is 3. The van der Waals surface area contributed by atoms with E-state index < -0.39 is 5.97 Å². The highest BCUT2D eigenvalue weighted by Crippen LogP contribution is 2.33. The lowest BCUT2D eigenvalue weighted by molar-refractivity contribution is 0.0683. The first-order chi connectivity index (χ1) is 9.00. The summed E-state index contributed by atoms with van der Waals surface area (Å²) in [6, 6.07) is 7.21. The minimum absolute atomic E-state index is 0.215. The van der Waals surface area contributed by atoms with Crippen LogP contribution < -0.4 is 0 Å². The maximum atomic E-state index is 10.9. The third-order valence-corrected chi connectivity index (χ3v) is 3.08. The highest BCUT2D eigenvalue weighted by atomic mass is 35.5. The fourth-order valence-electron chi connectivity index (χ4n) is 1.96. The van der Waals surface area contributed by atoms with Crippen molar-refractivity contribution in [2.45, 2.75) is 19.8 Å². The van der Waals surface area contributed by atoms with Gasteiger partial charge in [-0.3, -0.25) is 0 Å². The number of hydrogen-bond acceptors (Lipinski definition) is 3. The van der Waals surface area contributed by atoms with Crippen LogP contribution >= 0.6 is 11.6 Å². The zero-order chi connectivity index (χ0) is 14.0. The predicted octanol–water partition coefficient (Wildman–Crippen LogP) is 3.62. The van der Waals surface area contributed by atoms with Gasteiger partial charge in [0.05, 0.1) is 5.69 Å². The molecular weight excluding hydrogens is 264 g/mol. The van der Waals surface area contributed by atoms with E-state index in [9.17, 15) is 4.79 Å². The monoisotopic (exact) mass is 276 g/mol. The first kappa shape index (κ1) is 13.5. The molecule has 0 saturated heterocycles. The number of hydrogen-bond donors (Lipinski definition) is 1. The average Bonchev–Trinajstić information content (AvgIpc) is 2.38. The molecule has 0 amide bonds. The number of halogens is 1. The Balaban J connectivity index is 2.62. The molecule has 5 heteroatoms. The van der Waals surface area contributed by atoms with Crippen molar-refractivity contribution in [1.82, 2.24) is 9.97 Å². The zero-order valence-corrected chi connectivity index (χ0v) is 11.3. The van der Waals surface area contributed by atoms with Gasteiger partial charge < -0.3 is 5.11 Å². The Morgan fingerprint density at radius 2 is 2.05 bits per heavy atom. The third kappa shape index (κ3) is 2.74. The second-order valence-electron chi connectivity index (χ2n) is 4.43. The number of nitrogens with zero attached hydrogens (tertiary/aromatic N) is 2. The second-order valence-corrected chi connectivity index (χ2v) is 4.83. The van der Waals surface area contributed by atoms with Crippen LogP contribution in [0.15, 0.2) is 30.5 Å². The van der Waals surface area contributed by atoms with Gasteiger partial charge in [-0.15, -0.1) is 0 Å². The van der Waals surface area contributed by atoms with E-state index in [1.807, 2.05) is 32.0 Å². The standard InChI is InChI=1S/C14H13ClN2O2/c1-8(2)12-9(4-3-5-10(12)15)11-6-7-16-13(17-11)14(18)19/h3-8H,1-2H3,(H,18,19). The molecular formula is C14H13ClN2O2. The Labute approximate surface area is 116 Å². The number of benzene rings is 1. The fraction of sp³-hybridized carbons (Fsp3) is 0.214. The van der Waals surface area contributed by atoms with Crippen LogP contribution in [-0.2, 0) is 0 Å². The average molecular weight is 277 g/mol. The van der Waals surface area contributed by atoms with Crippen molar-refractivity contribution in [1.29, 1.82) is 0 Å². The van der Waals surface area contributed by atoms with Gasteiger partial charge in [0, 0.05) is 16.8 Å². The maximum absolute atomic E-state index is 10.9. The Bertz CT molecular complexity index is 627. The fourth-order valence-corrected chi connectivity index (χ4v) is 2.35. The van der Waals surface area contributed by atoms with E-state index in [0.717, 1.165) is 11.1 Å². The lowest BCUT2D eigenvalue weighted by Gasteiger charge is -2.14. The molecule has 19 heavy (non-hydrogen) atoms. The van der Waals surface area contributed by atoms with Crippen LogP contribution in [0.1, 0.15) is 35.9 Å². The van der Waals surface area contributed by atoms with Gasteiger partial charge in [-0.25, -0.2) is 14.8 Å². The third-order valence-electron chi connectivity index (χ3n) is 2.75. The van der Waals surface area contributed by atoms with E-state index in [2.05, 4.69) is 9.97 Å². The van der Waals surface area contributed by atoms with Crippen LogP contribution in [0.3, 0.4) is 0 Å². The lowest BCUT2D eigenvalue weighted by Crippen LogP contribution is -2.05. The second kappa shape index (κ2) is 5.36.